The predicted octanol–water partition coefficient (Wildman–Crippen LogP) is 3.46. The van der Waals surface area contributed by atoms with Crippen molar-refractivity contribution in [2.45, 2.75) is 6.92 Å². The van der Waals surface area contributed by atoms with E-state index in [9.17, 15) is 0 Å². The summed E-state index contributed by atoms with van der Waals surface area (Å²) in [5, 5.41) is 0.623. The van der Waals surface area contributed by atoms with Crippen LogP contribution >= 0.6 is 27.3 Å². The van der Waals surface area contributed by atoms with Gasteiger partial charge < -0.3 is 5.73 Å². The Morgan fingerprint density at radius 2 is 2.21 bits per heavy atom. The first-order chi connectivity index (χ1) is 6.66. The molecule has 1 heterocycles. The van der Waals surface area contributed by atoms with Gasteiger partial charge in [0.2, 0.25) is 0 Å². The summed E-state index contributed by atoms with van der Waals surface area (Å²) in [6, 6.07) is 8.14. The second-order valence-electron chi connectivity index (χ2n) is 2.98. The van der Waals surface area contributed by atoms with Crippen LogP contribution in [0.1, 0.15) is 5.69 Å². The highest BCUT2D eigenvalue weighted by Crippen LogP contribution is 2.32. The Morgan fingerprint density at radius 3 is 2.79 bits per heavy atom. The van der Waals surface area contributed by atoms with Crippen LogP contribution in [0.2, 0.25) is 0 Å². The Kier molecular flexibility index (Phi) is 2.56. The minimum Gasteiger partial charge on any atom is -0.375 e. The van der Waals surface area contributed by atoms with E-state index in [1.807, 2.05) is 19.1 Å². The van der Waals surface area contributed by atoms with E-state index in [4.69, 9.17) is 5.73 Å². The third-order valence-electron chi connectivity index (χ3n) is 1.90. The van der Waals surface area contributed by atoms with Gasteiger partial charge in [-0.05, 0) is 24.6 Å². The molecule has 0 saturated carbocycles. The Hall–Kier alpha value is -0.870. The average Bonchev–Trinajstić information content (AvgIpc) is 2.45. The topological polar surface area (TPSA) is 38.9 Å². The molecule has 0 radical (unpaired) electrons. The number of rotatable bonds is 1. The molecular weight excluding hydrogens is 260 g/mol. The van der Waals surface area contributed by atoms with Crippen LogP contribution in [0.4, 0.5) is 5.13 Å². The molecular formula is C10H9BrN2S. The second-order valence-corrected chi connectivity index (χ2v) is 4.92. The number of thiazole rings is 1. The van der Waals surface area contributed by atoms with E-state index >= 15 is 0 Å². The first kappa shape index (κ1) is 9.68. The third kappa shape index (κ3) is 1.81. The summed E-state index contributed by atoms with van der Waals surface area (Å²) < 4.78 is 1.07. The number of nitrogen functional groups attached to an aromatic ring is 1. The monoisotopic (exact) mass is 268 g/mol. The maximum Gasteiger partial charge on any atom is 0.180 e. The van der Waals surface area contributed by atoms with E-state index in [1.165, 1.54) is 11.3 Å². The molecule has 2 rings (SSSR count). The number of benzene rings is 1. The highest BCUT2D eigenvalue weighted by Gasteiger charge is 2.07. The van der Waals surface area contributed by atoms with Gasteiger partial charge in [0.05, 0.1) is 10.6 Å². The molecule has 0 spiro atoms. The molecule has 4 heteroatoms. The number of nitrogens with two attached hydrogens (primary N) is 1. The molecule has 72 valence electrons. The van der Waals surface area contributed by atoms with E-state index in [0.29, 0.717) is 5.13 Å². The Balaban J connectivity index is 2.54. The fourth-order valence-corrected chi connectivity index (χ4v) is 2.54. The van der Waals surface area contributed by atoms with Gasteiger partial charge in [0, 0.05) is 4.47 Å². The molecule has 0 bridgehead atoms. The molecule has 0 atom stereocenters. The lowest BCUT2D eigenvalue weighted by atomic mass is 10.2. The molecule has 0 unspecified atom stereocenters. The lowest BCUT2D eigenvalue weighted by Gasteiger charge is -1.98. The van der Waals surface area contributed by atoms with Gasteiger partial charge in [0.25, 0.3) is 0 Å². The van der Waals surface area contributed by atoms with Crippen molar-refractivity contribution < 1.29 is 0 Å². The van der Waals surface area contributed by atoms with Gasteiger partial charge in [-0.1, -0.05) is 39.4 Å². The molecule has 0 aliphatic rings. The van der Waals surface area contributed by atoms with Crippen molar-refractivity contribution >= 4 is 32.4 Å². The molecule has 2 N–H and O–H groups in total. The SMILES string of the molecule is Cc1nc(N)sc1-c1cccc(Br)c1. The fraction of sp³-hybridized carbons (Fsp3) is 0.100. The molecule has 0 amide bonds. The van der Waals surface area contributed by atoms with E-state index < -0.39 is 0 Å². The molecule has 14 heavy (non-hydrogen) atoms. The molecule has 1 aromatic carbocycles. The summed E-state index contributed by atoms with van der Waals surface area (Å²) in [4.78, 5) is 5.34. The summed E-state index contributed by atoms with van der Waals surface area (Å²) in [5.41, 5.74) is 7.80. The van der Waals surface area contributed by atoms with E-state index in [1.54, 1.807) is 0 Å². The number of nitrogens with zero attached hydrogens (tertiary/aromatic N) is 1. The number of aromatic nitrogens is 1. The van der Waals surface area contributed by atoms with Gasteiger partial charge in [-0.15, -0.1) is 0 Å². The molecule has 2 nitrogen and oxygen atoms in total. The quantitative estimate of drug-likeness (QED) is 0.861. The minimum atomic E-state index is 0.623. The number of hydrogen-bond donors (Lipinski definition) is 1. The smallest absolute Gasteiger partial charge is 0.180 e. The molecule has 0 aliphatic carbocycles. The van der Waals surface area contributed by atoms with Crippen molar-refractivity contribution in [3.63, 3.8) is 0 Å². The average molecular weight is 269 g/mol. The van der Waals surface area contributed by atoms with Gasteiger partial charge in [-0.2, -0.15) is 0 Å². The van der Waals surface area contributed by atoms with E-state index in [0.717, 1.165) is 20.6 Å². The van der Waals surface area contributed by atoms with Gasteiger partial charge in [-0.25, -0.2) is 4.98 Å². The zero-order chi connectivity index (χ0) is 10.1. The normalized spacial score (nSPS) is 10.4. The van der Waals surface area contributed by atoms with Crippen molar-refractivity contribution in [3.05, 3.63) is 34.4 Å². The van der Waals surface area contributed by atoms with Crippen molar-refractivity contribution in [3.8, 4) is 10.4 Å². The van der Waals surface area contributed by atoms with Gasteiger partial charge in [-0.3, -0.25) is 0 Å². The molecule has 0 saturated heterocycles. The molecule has 0 fully saturated rings. The summed E-state index contributed by atoms with van der Waals surface area (Å²) >= 11 is 4.97. The predicted molar refractivity (Wildman–Crippen MR) is 64.4 cm³/mol. The van der Waals surface area contributed by atoms with Crippen LogP contribution in [-0.4, -0.2) is 4.98 Å². The Labute approximate surface area is 94.9 Å². The Bertz CT molecular complexity index is 465. The van der Waals surface area contributed by atoms with Gasteiger partial charge in [0.15, 0.2) is 5.13 Å². The van der Waals surface area contributed by atoms with E-state index in [-0.39, 0.29) is 0 Å². The summed E-state index contributed by atoms with van der Waals surface area (Å²) in [6.45, 7) is 1.98. The van der Waals surface area contributed by atoms with Crippen LogP contribution in [0.25, 0.3) is 10.4 Å². The minimum absolute atomic E-state index is 0.623. The van der Waals surface area contributed by atoms with Crippen LogP contribution in [0.15, 0.2) is 28.7 Å². The van der Waals surface area contributed by atoms with Crippen molar-refractivity contribution in [2.75, 3.05) is 5.73 Å². The zero-order valence-corrected chi connectivity index (χ0v) is 10.0. The van der Waals surface area contributed by atoms with E-state index in [2.05, 4.69) is 33.0 Å². The fourth-order valence-electron chi connectivity index (χ4n) is 1.31. The number of aryl methyl sites for hydroxylation is 1. The highest BCUT2D eigenvalue weighted by atomic mass is 79.9. The molecule has 2 aromatic rings. The van der Waals surface area contributed by atoms with Crippen LogP contribution < -0.4 is 5.73 Å². The number of hydrogen-bond acceptors (Lipinski definition) is 3. The third-order valence-corrected chi connectivity index (χ3v) is 3.43. The van der Waals surface area contributed by atoms with Gasteiger partial charge >= 0.3 is 0 Å². The summed E-state index contributed by atoms with van der Waals surface area (Å²) in [7, 11) is 0. The maximum atomic E-state index is 5.65. The summed E-state index contributed by atoms with van der Waals surface area (Å²) in [5.74, 6) is 0. The van der Waals surface area contributed by atoms with Crippen molar-refractivity contribution in [2.24, 2.45) is 0 Å². The number of halogens is 1. The second kappa shape index (κ2) is 3.71. The van der Waals surface area contributed by atoms with Crippen molar-refractivity contribution in [1.82, 2.24) is 4.98 Å². The van der Waals surface area contributed by atoms with Crippen molar-refractivity contribution in [1.29, 1.82) is 0 Å². The lowest BCUT2D eigenvalue weighted by Crippen LogP contribution is -1.81. The standard InChI is InChI=1S/C10H9BrN2S/c1-6-9(14-10(12)13-6)7-3-2-4-8(11)5-7/h2-5H,1H3,(H2,12,13). The number of anilines is 1. The molecule has 0 aliphatic heterocycles. The van der Waals surface area contributed by atoms with Gasteiger partial charge in [0.1, 0.15) is 0 Å². The van der Waals surface area contributed by atoms with Crippen LogP contribution in [0, 0.1) is 6.92 Å². The summed E-state index contributed by atoms with van der Waals surface area (Å²) in [6.07, 6.45) is 0. The highest BCUT2D eigenvalue weighted by molar-refractivity contribution is 9.10. The van der Waals surface area contributed by atoms with Crippen LogP contribution in [-0.2, 0) is 0 Å². The molecule has 1 aromatic heterocycles. The zero-order valence-electron chi connectivity index (χ0n) is 7.62. The van der Waals surface area contributed by atoms with Crippen LogP contribution in [0.3, 0.4) is 0 Å². The first-order valence-electron chi connectivity index (χ1n) is 4.15. The first-order valence-corrected chi connectivity index (χ1v) is 5.76. The Morgan fingerprint density at radius 1 is 1.43 bits per heavy atom. The maximum absolute atomic E-state index is 5.65. The van der Waals surface area contributed by atoms with Crippen LogP contribution in [0.5, 0.6) is 0 Å². The largest absolute Gasteiger partial charge is 0.375 e. The lowest BCUT2D eigenvalue weighted by molar-refractivity contribution is 1.27.